The average molecular weight is 400 g/mol. The number of methoxy groups -OCH3 is 1. The van der Waals surface area contributed by atoms with Crippen LogP contribution >= 0.6 is 17.1 Å². The maximum atomic E-state index is 12.1. The predicted octanol–water partition coefficient (Wildman–Crippen LogP) is 3.65. The average Bonchev–Trinajstić information content (AvgIpc) is 2.53. The van der Waals surface area contributed by atoms with E-state index < -0.39 is 16.9 Å². The van der Waals surface area contributed by atoms with Crippen molar-refractivity contribution < 1.29 is 23.4 Å². The number of rotatable bonds is 14. The smallest absolute Gasteiger partial charge is 0.319 e. The topological polar surface area (TPSA) is 73.9 Å². The van der Waals surface area contributed by atoms with E-state index in [-0.39, 0.29) is 12.3 Å². The summed E-state index contributed by atoms with van der Waals surface area (Å²) in [5.74, 6) is -0.682. The van der Waals surface area contributed by atoms with Crippen LogP contribution in [0.3, 0.4) is 0 Å². The number of nitrogens with one attached hydrogen (secondary N) is 1. The molecule has 1 unspecified atom stereocenters. The van der Waals surface area contributed by atoms with E-state index >= 15 is 0 Å². The minimum absolute atomic E-state index is 0.00363. The Hall–Kier alpha value is -0.140. The van der Waals surface area contributed by atoms with Crippen molar-refractivity contribution >= 4 is 40.8 Å². The van der Waals surface area contributed by atoms with Crippen molar-refractivity contribution in [2.24, 2.45) is 0 Å². The Kier molecular flexibility index (Phi) is 14.0. The highest BCUT2D eigenvalue weighted by molar-refractivity contribution is 8.68. The molecule has 0 bridgehead atoms. The van der Waals surface area contributed by atoms with Gasteiger partial charge >= 0.3 is 5.97 Å². The fourth-order valence-electron chi connectivity index (χ4n) is 1.89. The molecule has 0 rings (SSSR count). The summed E-state index contributed by atoms with van der Waals surface area (Å²) >= 11 is 6.52. The van der Waals surface area contributed by atoms with Crippen LogP contribution in [-0.4, -0.2) is 44.0 Å². The number of carbonyl (C=O) groups excluding carboxylic acids is 2. The minimum atomic E-state index is -2.67. The van der Waals surface area contributed by atoms with Crippen molar-refractivity contribution in [1.82, 2.24) is 5.32 Å². The molecule has 9 heteroatoms. The SMILES string of the molecule is CCCCCCNC(=O)CC(SP(=S)(OCC)OCC)C(=O)OC. The predicted molar refractivity (Wildman–Crippen MR) is 103 cm³/mol. The highest BCUT2D eigenvalue weighted by Gasteiger charge is 2.32. The molecular formula is C15H30NO5PS2. The molecule has 24 heavy (non-hydrogen) atoms. The van der Waals surface area contributed by atoms with Crippen LogP contribution in [0.25, 0.3) is 0 Å². The third kappa shape index (κ3) is 10.7. The standard InChI is InChI=1S/C15H30NO5PS2/c1-5-8-9-10-11-16-14(17)12-13(15(18)19-4)24-22(23,20-6-2)21-7-3/h13H,5-12H2,1-4H3,(H,16,17). The summed E-state index contributed by atoms with van der Waals surface area (Å²) in [5.41, 5.74) is -2.67. The van der Waals surface area contributed by atoms with Crippen molar-refractivity contribution in [3.05, 3.63) is 0 Å². The molecule has 0 spiro atoms. The maximum Gasteiger partial charge on any atom is 0.319 e. The first kappa shape index (κ1) is 23.9. The van der Waals surface area contributed by atoms with Crippen LogP contribution in [-0.2, 0) is 35.2 Å². The van der Waals surface area contributed by atoms with E-state index in [1.165, 1.54) is 7.11 Å². The van der Waals surface area contributed by atoms with Gasteiger partial charge in [-0.1, -0.05) is 37.6 Å². The van der Waals surface area contributed by atoms with Gasteiger partial charge in [0.1, 0.15) is 5.25 Å². The first-order valence-corrected chi connectivity index (χ1v) is 12.5. The molecule has 0 aliphatic carbocycles. The van der Waals surface area contributed by atoms with Gasteiger partial charge in [-0.05, 0) is 32.1 Å². The van der Waals surface area contributed by atoms with Crippen LogP contribution in [0.5, 0.6) is 0 Å². The lowest BCUT2D eigenvalue weighted by atomic mass is 10.2. The summed E-state index contributed by atoms with van der Waals surface area (Å²) in [7, 11) is 1.30. The summed E-state index contributed by atoms with van der Waals surface area (Å²) in [6.07, 6.45) is 4.33. The molecule has 0 aliphatic heterocycles. The van der Waals surface area contributed by atoms with E-state index in [1.807, 2.05) is 13.8 Å². The van der Waals surface area contributed by atoms with E-state index in [2.05, 4.69) is 12.2 Å². The van der Waals surface area contributed by atoms with E-state index in [9.17, 15) is 9.59 Å². The zero-order valence-electron chi connectivity index (χ0n) is 15.0. The number of ether oxygens (including phenoxy) is 1. The Labute approximate surface area is 154 Å². The Balaban J connectivity index is 4.62. The van der Waals surface area contributed by atoms with Gasteiger partial charge < -0.3 is 19.1 Å². The lowest BCUT2D eigenvalue weighted by Gasteiger charge is -2.23. The van der Waals surface area contributed by atoms with Crippen LogP contribution in [0, 0.1) is 0 Å². The summed E-state index contributed by atoms with van der Waals surface area (Å²) in [6.45, 7) is 7.16. The molecular weight excluding hydrogens is 369 g/mol. The first-order valence-electron chi connectivity index (χ1n) is 8.34. The van der Waals surface area contributed by atoms with Gasteiger partial charge in [-0.2, -0.15) is 0 Å². The number of hydrogen-bond donors (Lipinski definition) is 1. The van der Waals surface area contributed by atoms with E-state index in [0.717, 1.165) is 37.1 Å². The van der Waals surface area contributed by atoms with Crippen LogP contribution < -0.4 is 5.32 Å². The third-order valence-electron chi connectivity index (χ3n) is 3.02. The molecule has 0 fully saturated rings. The first-order chi connectivity index (χ1) is 11.4. The van der Waals surface area contributed by atoms with Crippen molar-refractivity contribution in [2.45, 2.75) is 58.1 Å². The van der Waals surface area contributed by atoms with Gasteiger partial charge in [0.15, 0.2) is 0 Å². The largest absolute Gasteiger partial charge is 0.468 e. The lowest BCUT2D eigenvalue weighted by Crippen LogP contribution is -2.31. The van der Waals surface area contributed by atoms with E-state index in [4.69, 9.17) is 25.6 Å². The summed E-state index contributed by atoms with van der Waals surface area (Å²) in [4.78, 5) is 24.1. The van der Waals surface area contributed by atoms with Gasteiger partial charge in [0.25, 0.3) is 0 Å². The van der Waals surface area contributed by atoms with E-state index in [0.29, 0.717) is 19.8 Å². The molecule has 0 radical (unpaired) electrons. The second-order valence-corrected chi connectivity index (χ2v) is 11.4. The van der Waals surface area contributed by atoms with Crippen molar-refractivity contribution in [2.75, 3.05) is 26.9 Å². The third-order valence-corrected chi connectivity index (χ3v) is 8.62. The molecule has 0 saturated carbocycles. The zero-order chi connectivity index (χ0) is 18.4. The van der Waals surface area contributed by atoms with Crippen LogP contribution in [0.4, 0.5) is 0 Å². The molecule has 1 amide bonds. The van der Waals surface area contributed by atoms with Gasteiger partial charge in [0, 0.05) is 13.0 Å². The van der Waals surface area contributed by atoms with Crippen molar-refractivity contribution in [3.63, 3.8) is 0 Å². The molecule has 0 saturated heterocycles. The number of hydrogen-bond acceptors (Lipinski definition) is 7. The number of carbonyl (C=O) groups is 2. The van der Waals surface area contributed by atoms with Gasteiger partial charge in [-0.25, -0.2) is 0 Å². The fraction of sp³-hybridized carbons (Fsp3) is 0.867. The van der Waals surface area contributed by atoms with Crippen molar-refractivity contribution in [1.29, 1.82) is 0 Å². The molecule has 0 aromatic heterocycles. The van der Waals surface area contributed by atoms with Crippen LogP contribution in [0.1, 0.15) is 52.9 Å². The van der Waals surface area contributed by atoms with Gasteiger partial charge in [0.2, 0.25) is 11.6 Å². The van der Waals surface area contributed by atoms with Gasteiger partial charge in [-0.3, -0.25) is 9.59 Å². The maximum absolute atomic E-state index is 12.1. The summed E-state index contributed by atoms with van der Waals surface area (Å²) < 4.78 is 15.9. The molecule has 1 N–H and O–H groups in total. The summed E-state index contributed by atoms with van der Waals surface area (Å²) in [6, 6.07) is 0. The minimum Gasteiger partial charge on any atom is -0.468 e. The second kappa shape index (κ2) is 14.1. The number of esters is 1. The molecule has 0 aliphatic rings. The highest BCUT2D eigenvalue weighted by atomic mass is 32.9. The molecule has 6 nitrogen and oxygen atoms in total. The zero-order valence-corrected chi connectivity index (χ0v) is 17.6. The van der Waals surface area contributed by atoms with Gasteiger partial charge in [0.05, 0.1) is 20.3 Å². The quantitative estimate of drug-likeness (QED) is 0.271. The number of amides is 1. The Morgan fingerprint density at radius 3 is 2.25 bits per heavy atom. The van der Waals surface area contributed by atoms with Crippen molar-refractivity contribution in [3.8, 4) is 0 Å². The second-order valence-electron chi connectivity index (χ2n) is 5.01. The van der Waals surface area contributed by atoms with Crippen LogP contribution in [0.15, 0.2) is 0 Å². The lowest BCUT2D eigenvalue weighted by molar-refractivity contribution is -0.141. The molecule has 0 aromatic carbocycles. The van der Waals surface area contributed by atoms with E-state index in [1.54, 1.807) is 0 Å². The Bertz CT molecular complexity index is 413. The summed E-state index contributed by atoms with van der Waals surface area (Å²) in [5, 5.41) is 2.11. The molecule has 0 aromatic rings. The highest BCUT2D eigenvalue weighted by Crippen LogP contribution is 2.63. The van der Waals surface area contributed by atoms with Crippen LogP contribution in [0.2, 0.25) is 0 Å². The Morgan fingerprint density at radius 2 is 1.75 bits per heavy atom. The Morgan fingerprint density at radius 1 is 1.12 bits per heavy atom. The molecule has 1 atom stereocenters. The monoisotopic (exact) mass is 399 g/mol. The fourth-order valence-corrected chi connectivity index (χ4v) is 7.42. The molecule has 0 heterocycles. The number of unbranched alkanes of at least 4 members (excludes halogenated alkanes) is 3. The van der Waals surface area contributed by atoms with Gasteiger partial charge in [-0.15, -0.1) is 0 Å². The molecule has 142 valence electrons. The normalized spacial score (nSPS) is 12.7.